The summed E-state index contributed by atoms with van der Waals surface area (Å²) in [6.45, 7) is 5.07. The van der Waals surface area contributed by atoms with Gasteiger partial charge in [0, 0.05) is 5.37 Å². The first kappa shape index (κ1) is 10.6. The molecule has 3 heteroatoms. The third-order valence-electron chi connectivity index (χ3n) is 0.500. The lowest BCUT2D eigenvalue weighted by molar-refractivity contribution is 0.724. The normalized spacial score (nSPS) is 12.4. The SMILES string of the molecule is CCNC(C)S.Cl. The molecule has 1 atom stereocenters. The van der Waals surface area contributed by atoms with E-state index in [2.05, 4.69) is 24.9 Å². The number of rotatable bonds is 2. The molecule has 1 nitrogen and oxygen atoms in total. The predicted octanol–water partition coefficient (Wildman–Crippen LogP) is 1.29. The molecule has 0 saturated heterocycles. The molecular formula is C4H12ClNS. The van der Waals surface area contributed by atoms with Gasteiger partial charge in [-0.05, 0) is 13.5 Å². The molecule has 0 radical (unpaired) electrons. The van der Waals surface area contributed by atoms with Crippen LogP contribution in [0.3, 0.4) is 0 Å². The van der Waals surface area contributed by atoms with Crippen molar-refractivity contribution in [1.82, 2.24) is 5.32 Å². The van der Waals surface area contributed by atoms with Crippen molar-refractivity contribution in [2.45, 2.75) is 19.2 Å². The van der Waals surface area contributed by atoms with Gasteiger partial charge in [-0.25, -0.2) is 0 Å². The van der Waals surface area contributed by atoms with E-state index in [0.717, 1.165) is 6.54 Å². The van der Waals surface area contributed by atoms with Crippen LogP contribution in [0.4, 0.5) is 0 Å². The predicted molar refractivity (Wildman–Crippen MR) is 39.4 cm³/mol. The van der Waals surface area contributed by atoms with Crippen LogP contribution in [0.25, 0.3) is 0 Å². The highest BCUT2D eigenvalue weighted by atomic mass is 35.5. The van der Waals surface area contributed by atoms with E-state index in [0.29, 0.717) is 5.37 Å². The summed E-state index contributed by atoms with van der Waals surface area (Å²) in [6, 6.07) is 0. The van der Waals surface area contributed by atoms with Crippen molar-refractivity contribution in [2.75, 3.05) is 6.54 Å². The first-order valence-corrected chi connectivity index (χ1v) is 2.70. The van der Waals surface area contributed by atoms with E-state index >= 15 is 0 Å². The number of hydrogen-bond donors (Lipinski definition) is 2. The van der Waals surface area contributed by atoms with Crippen LogP contribution in [0.15, 0.2) is 0 Å². The molecule has 0 aliphatic heterocycles. The molecule has 0 fully saturated rings. The molecule has 0 amide bonds. The van der Waals surface area contributed by atoms with Crippen molar-refractivity contribution < 1.29 is 0 Å². The van der Waals surface area contributed by atoms with Crippen LogP contribution in [-0.4, -0.2) is 11.9 Å². The Kier molecular flexibility index (Phi) is 9.95. The fraction of sp³-hybridized carbons (Fsp3) is 1.00. The average Bonchev–Trinajstić information content (AvgIpc) is 1.35. The largest absolute Gasteiger partial charge is 0.306 e. The van der Waals surface area contributed by atoms with Crippen LogP contribution in [0.1, 0.15) is 13.8 Å². The molecule has 7 heavy (non-hydrogen) atoms. The topological polar surface area (TPSA) is 12.0 Å². The summed E-state index contributed by atoms with van der Waals surface area (Å²) in [5.41, 5.74) is 0. The van der Waals surface area contributed by atoms with Crippen LogP contribution in [0.5, 0.6) is 0 Å². The minimum atomic E-state index is 0. The Hall–Kier alpha value is 0.600. The molecule has 46 valence electrons. The van der Waals surface area contributed by atoms with Gasteiger partial charge in [-0.3, -0.25) is 0 Å². The molecule has 0 rings (SSSR count). The third kappa shape index (κ3) is 10.8. The molecule has 0 aromatic heterocycles. The summed E-state index contributed by atoms with van der Waals surface area (Å²) >= 11 is 4.07. The van der Waals surface area contributed by atoms with E-state index in [1.807, 2.05) is 6.92 Å². The van der Waals surface area contributed by atoms with Gasteiger partial charge in [0.1, 0.15) is 0 Å². The second kappa shape index (κ2) is 6.60. The van der Waals surface area contributed by atoms with Crippen molar-refractivity contribution in [1.29, 1.82) is 0 Å². The molecule has 0 aliphatic carbocycles. The molecule has 0 aromatic carbocycles. The van der Waals surface area contributed by atoms with Crippen molar-refractivity contribution in [3.63, 3.8) is 0 Å². The first-order chi connectivity index (χ1) is 2.77. The number of halogens is 1. The summed E-state index contributed by atoms with van der Waals surface area (Å²) in [7, 11) is 0. The minimum absolute atomic E-state index is 0. The Balaban J connectivity index is 0. The van der Waals surface area contributed by atoms with Crippen molar-refractivity contribution >= 4 is 25.0 Å². The molecular weight excluding hydrogens is 130 g/mol. The number of thiol groups is 1. The fourth-order valence-electron chi connectivity index (χ4n) is 0.295. The molecule has 0 spiro atoms. The molecule has 0 heterocycles. The van der Waals surface area contributed by atoms with Gasteiger partial charge in [0.25, 0.3) is 0 Å². The number of hydrogen-bond acceptors (Lipinski definition) is 2. The highest BCUT2D eigenvalue weighted by Gasteiger charge is 1.83. The Morgan fingerprint density at radius 2 is 2.14 bits per heavy atom. The van der Waals surface area contributed by atoms with Crippen LogP contribution in [-0.2, 0) is 0 Å². The zero-order valence-corrected chi connectivity index (χ0v) is 6.35. The van der Waals surface area contributed by atoms with Gasteiger partial charge in [0.15, 0.2) is 0 Å². The lowest BCUT2D eigenvalue weighted by Crippen LogP contribution is -2.19. The van der Waals surface area contributed by atoms with Gasteiger partial charge in [0.05, 0.1) is 0 Å². The lowest BCUT2D eigenvalue weighted by atomic mass is 10.7. The zero-order chi connectivity index (χ0) is 4.99. The van der Waals surface area contributed by atoms with E-state index in [9.17, 15) is 0 Å². The summed E-state index contributed by atoms with van der Waals surface area (Å²) in [5.74, 6) is 0. The van der Waals surface area contributed by atoms with Gasteiger partial charge in [-0.15, -0.1) is 12.4 Å². The zero-order valence-electron chi connectivity index (χ0n) is 4.64. The monoisotopic (exact) mass is 141 g/mol. The van der Waals surface area contributed by atoms with E-state index in [4.69, 9.17) is 0 Å². The summed E-state index contributed by atoms with van der Waals surface area (Å²) in [4.78, 5) is 0. The fourth-order valence-corrected chi connectivity index (χ4v) is 0.478. The van der Waals surface area contributed by atoms with Crippen molar-refractivity contribution in [3.05, 3.63) is 0 Å². The van der Waals surface area contributed by atoms with Gasteiger partial charge < -0.3 is 5.32 Å². The Morgan fingerprint density at radius 1 is 1.71 bits per heavy atom. The quantitative estimate of drug-likeness (QED) is 0.437. The average molecular weight is 142 g/mol. The summed E-state index contributed by atoms with van der Waals surface area (Å²) in [6.07, 6.45) is 0. The van der Waals surface area contributed by atoms with Gasteiger partial charge >= 0.3 is 0 Å². The Morgan fingerprint density at radius 3 is 2.14 bits per heavy atom. The molecule has 0 saturated carbocycles. The number of nitrogens with one attached hydrogen (secondary N) is 1. The maximum atomic E-state index is 4.07. The second-order valence-electron chi connectivity index (χ2n) is 1.23. The lowest BCUT2D eigenvalue weighted by Gasteiger charge is -2.00. The summed E-state index contributed by atoms with van der Waals surface area (Å²) < 4.78 is 0. The highest BCUT2D eigenvalue weighted by molar-refractivity contribution is 7.80. The van der Waals surface area contributed by atoms with Gasteiger partial charge in [0.2, 0.25) is 0 Å². The molecule has 0 bridgehead atoms. The van der Waals surface area contributed by atoms with E-state index in [-0.39, 0.29) is 12.4 Å². The molecule has 1 N–H and O–H groups in total. The molecule has 0 aromatic rings. The van der Waals surface area contributed by atoms with Crippen molar-refractivity contribution in [3.8, 4) is 0 Å². The van der Waals surface area contributed by atoms with Crippen molar-refractivity contribution in [2.24, 2.45) is 0 Å². The van der Waals surface area contributed by atoms with E-state index in [1.165, 1.54) is 0 Å². The van der Waals surface area contributed by atoms with E-state index in [1.54, 1.807) is 0 Å². The van der Waals surface area contributed by atoms with Crippen LogP contribution >= 0.6 is 25.0 Å². The van der Waals surface area contributed by atoms with Crippen LogP contribution in [0.2, 0.25) is 0 Å². The maximum Gasteiger partial charge on any atom is 0.0473 e. The summed E-state index contributed by atoms with van der Waals surface area (Å²) in [5, 5.41) is 3.42. The standard InChI is InChI=1S/C4H11NS.ClH/c1-3-5-4(2)6;/h4-6H,3H2,1-2H3;1H. The Bertz CT molecular complexity index is 32.9. The molecule has 1 unspecified atom stereocenters. The molecule has 0 aliphatic rings. The maximum absolute atomic E-state index is 4.07. The van der Waals surface area contributed by atoms with E-state index < -0.39 is 0 Å². The highest BCUT2D eigenvalue weighted by Crippen LogP contribution is 1.81. The van der Waals surface area contributed by atoms with Crippen LogP contribution < -0.4 is 5.32 Å². The van der Waals surface area contributed by atoms with Crippen LogP contribution in [0, 0.1) is 0 Å². The first-order valence-electron chi connectivity index (χ1n) is 2.18. The van der Waals surface area contributed by atoms with Gasteiger partial charge in [-0.1, -0.05) is 6.92 Å². The van der Waals surface area contributed by atoms with Gasteiger partial charge in [-0.2, -0.15) is 12.6 Å². The Labute approximate surface area is 56.7 Å². The second-order valence-corrected chi connectivity index (χ2v) is 2.01. The smallest absolute Gasteiger partial charge is 0.0473 e. The minimum Gasteiger partial charge on any atom is -0.306 e. The third-order valence-corrected chi connectivity index (χ3v) is 0.682.